The van der Waals surface area contributed by atoms with Crippen molar-refractivity contribution in [3.05, 3.63) is 36.4 Å². The van der Waals surface area contributed by atoms with Crippen LogP contribution in [0.1, 0.15) is 5.56 Å². The molecule has 0 unspecified atom stereocenters. The molecule has 0 spiro atoms. The van der Waals surface area contributed by atoms with Crippen LogP contribution in [0.4, 0.5) is 8.78 Å². The van der Waals surface area contributed by atoms with Crippen LogP contribution in [0.3, 0.4) is 0 Å². The van der Waals surface area contributed by atoms with Gasteiger partial charge in [0.1, 0.15) is 0 Å². The molecule has 1 nitrogen and oxygen atoms in total. The molecule has 0 aliphatic heterocycles. The second-order valence-electron chi connectivity index (χ2n) is 2.02. The molecule has 0 fully saturated rings. The second kappa shape index (κ2) is 6.64. The molecule has 5 heteroatoms. The van der Waals surface area contributed by atoms with E-state index in [2.05, 4.69) is 10.8 Å². The molecule has 0 saturated carbocycles. The molecule has 0 radical (unpaired) electrons. The van der Waals surface area contributed by atoms with Crippen molar-refractivity contribution < 1.29 is 44.6 Å². The Balaban J connectivity index is 0.00000144. The molecule has 68 valence electrons. The van der Waals surface area contributed by atoms with E-state index in [1.807, 2.05) is 0 Å². The third-order valence-corrected chi connectivity index (χ3v) is 1.49. The fourth-order valence-electron chi connectivity index (χ4n) is 0.714. The Bertz CT molecular complexity index is 258. The number of hydrogen-bond donors (Lipinski definition) is 0. The van der Waals surface area contributed by atoms with Gasteiger partial charge in [0.05, 0.1) is 0 Å². The summed E-state index contributed by atoms with van der Waals surface area (Å²) in [6, 6.07) is 7.06. The molecule has 0 aromatic heterocycles. The Hall–Kier alpha value is 0.222. The van der Waals surface area contributed by atoms with Gasteiger partial charge in [-0.15, -0.1) is 29.3 Å². The average Bonchev–Trinajstić information content (AvgIpc) is 2.03. The van der Waals surface area contributed by atoms with Gasteiger partial charge in [-0.3, -0.25) is 0 Å². The van der Waals surface area contributed by atoms with Crippen molar-refractivity contribution in [3.8, 4) is 5.75 Å². The fourth-order valence-corrected chi connectivity index (χ4v) is 0.880. The Morgan fingerprint density at radius 3 is 2.77 bits per heavy atom. The van der Waals surface area contributed by atoms with Crippen molar-refractivity contribution in [2.45, 2.75) is 5.88 Å². The van der Waals surface area contributed by atoms with Crippen LogP contribution in [0.2, 0.25) is 0 Å². The summed E-state index contributed by atoms with van der Waals surface area (Å²) in [5.74, 6) is 0.243. The van der Waals surface area contributed by atoms with Crippen molar-refractivity contribution in [2.75, 3.05) is 0 Å². The van der Waals surface area contributed by atoms with E-state index in [1.54, 1.807) is 6.07 Å². The summed E-state index contributed by atoms with van der Waals surface area (Å²) in [5.41, 5.74) is 0.715. The van der Waals surface area contributed by atoms with Crippen molar-refractivity contribution in [3.63, 3.8) is 0 Å². The third-order valence-electron chi connectivity index (χ3n) is 1.18. The summed E-state index contributed by atoms with van der Waals surface area (Å²) in [5, 5.41) is 0. The van der Waals surface area contributed by atoms with E-state index in [0.717, 1.165) is 0 Å². The van der Waals surface area contributed by atoms with Gasteiger partial charge in [0, 0.05) is 5.88 Å². The van der Waals surface area contributed by atoms with E-state index in [0.29, 0.717) is 5.56 Å². The molecule has 0 saturated heterocycles. The first kappa shape index (κ1) is 13.2. The topological polar surface area (TPSA) is 9.23 Å². The molecule has 0 N–H and O–H groups in total. The van der Waals surface area contributed by atoms with Gasteiger partial charge in [0.25, 0.3) is 0 Å². The van der Waals surface area contributed by atoms with E-state index in [-0.39, 0.29) is 42.7 Å². The normalized spacial score (nSPS) is 9.54. The molecule has 0 aliphatic rings. The quantitative estimate of drug-likeness (QED) is 0.531. The molecule has 1 rings (SSSR count). The molecule has 13 heavy (non-hydrogen) atoms. The molecule has 1 aromatic carbocycles. The Morgan fingerprint density at radius 2 is 2.23 bits per heavy atom. The first-order valence-corrected chi connectivity index (χ1v) is 3.68. The number of rotatable bonds is 3. The molecule has 0 amide bonds. The van der Waals surface area contributed by atoms with Crippen molar-refractivity contribution >= 4 is 11.6 Å². The minimum Gasteiger partial charge on any atom is -0.618 e. The summed E-state index contributed by atoms with van der Waals surface area (Å²) < 4.78 is 27.2. The molecule has 0 bridgehead atoms. The van der Waals surface area contributed by atoms with Crippen LogP contribution in [-0.4, -0.2) is 0 Å². The van der Waals surface area contributed by atoms with Crippen LogP contribution in [0.25, 0.3) is 0 Å². The fraction of sp³-hybridized carbons (Fsp3) is 0.125. The van der Waals surface area contributed by atoms with Crippen molar-refractivity contribution in [1.29, 1.82) is 0 Å². The monoisotopic (exact) mass is 428 g/mol. The number of alkyl halides is 1. The van der Waals surface area contributed by atoms with Crippen molar-refractivity contribution in [2.24, 2.45) is 0 Å². The van der Waals surface area contributed by atoms with Gasteiger partial charge in [-0.05, 0) is 5.75 Å². The van der Waals surface area contributed by atoms with Gasteiger partial charge >= 0.3 is 31.1 Å². The maximum atomic E-state index is 11.6. The summed E-state index contributed by atoms with van der Waals surface area (Å²) >= 11 is 5.47. The zero-order valence-corrected chi connectivity index (χ0v) is 11.4. The van der Waals surface area contributed by atoms with E-state index >= 15 is 0 Å². The predicted octanol–water partition coefficient (Wildman–Crippen LogP) is 2.99. The van der Waals surface area contributed by atoms with Gasteiger partial charge in [0.2, 0.25) is 0 Å². The van der Waals surface area contributed by atoms with Gasteiger partial charge in [-0.2, -0.15) is 12.1 Å². The van der Waals surface area contributed by atoms with Crippen LogP contribution in [0, 0.1) is 43.8 Å². The van der Waals surface area contributed by atoms with E-state index in [9.17, 15) is 8.78 Å². The maximum Gasteiger partial charge on any atom is 2.00 e. The largest absolute Gasteiger partial charge is 2.00 e. The standard InChI is InChI=1S/C8H5ClF2O.U/c9-5-6-2-1-3-7(4-6)12-8(10)11;/h1-2,4H,5H2;/q-2;+2. The summed E-state index contributed by atoms with van der Waals surface area (Å²) in [4.78, 5) is 0. The second-order valence-corrected chi connectivity index (χ2v) is 2.29. The number of benzene rings is 1. The van der Waals surface area contributed by atoms with E-state index in [4.69, 9.17) is 11.6 Å². The zero-order chi connectivity index (χ0) is 8.97. The Morgan fingerprint density at radius 1 is 1.54 bits per heavy atom. The molecule has 0 aliphatic carbocycles. The van der Waals surface area contributed by atoms with Gasteiger partial charge in [-0.25, -0.2) is 0 Å². The summed E-state index contributed by atoms with van der Waals surface area (Å²) in [6.45, 7) is -2.10. The first-order valence-electron chi connectivity index (χ1n) is 3.15. The van der Waals surface area contributed by atoms with E-state index < -0.39 is 6.61 Å². The zero-order valence-electron chi connectivity index (χ0n) is 6.48. The van der Waals surface area contributed by atoms with Crippen LogP contribution in [0.15, 0.2) is 18.2 Å². The number of hydrogen-bond acceptors (Lipinski definition) is 1. The minimum atomic E-state index is -2.10. The predicted molar refractivity (Wildman–Crippen MR) is 40.9 cm³/mol. The Kier molecular flexibility index (Phi) is 6.76. The average molecular weight is 429 g/mol. The molecule has 0 heterocycles. The van der Waals surface area contributed by atoms with Gasteiger partial charge in [-0.1, -0.05) is 0 Å². The first-order chi connectivity index (χ1) is 5.72. The van der Waals surface area contributed by atoms with E-state index in [1.165, 1.54) is 12.1 Å². The molecular formula is C8H5ClF2OU. The molecule has 1 aromatic rings. The number of ether oxygens (including phenoxy) is 1. The van der Waals surface area contributed by atoms with Crippen molar-refractivity contribution in [1.82, 2.24) is 0 Å². The van der Waals surface area contributed by atoms with Gasteiger partial charge < -0.3 is 13.5 Å². The van der Waals surface area contributed by atoms with Crippen LogP contribution < -0.4 is 4.74 Å². The SMILES string of the molecule is F[C-](F)Oc1[c-]ccc(CCl)c1.[U+2]. The smallest absolute Gasteiger partial charge is 0.618 e. The van der Waals surface area contributed by atoms with Crippen LogP contribution in [-0.2, 0) is 5.88 Å². The maximum absolute atomic E-state index is 11.6. The third kappa shape index (κ3) is 4.85. The minimum absolute atomic E-state index is 0. The van der Waals surface area contributed by atoms with Crippen LogP contribution >= 0.6 is 11.6 Å². The summed E-state index contributed by atoms with van der Waals surface area (Å²) in [6.07, 6.45) is 0. The van der Waals surface area contributed by atoms with Gasteiger partial charge in [0.15, 0.2) is 6.61 Å². The molecule has 0 atom stereocenters. The molecular weight excluding hydrogens is 424 g/mol. The summed E-state index contributed by atoms with van der Waals surface area (Å²) in [7, 11) is 0. The number of halogens is 3. The van der Waals surface area contributed by atoms with Crippen LogP contribution in [0.5, 0.6) is 5.75 Å². The Labute approximate surface area is 104 Å².